The van der Waals surface area contributed by atoms with Crippen LogP contribution in [0.4, 0.5) is 0 Å². The summed E-state index contributed by atoms with van der Waals surface area (Å²) in [5.41, 5.74) is 2.42. The Labute approximate surface area is 120 Å². The molecule has 1 heterocycles. The van der Waals surface area contributed by atoms with Gasteiger partial charge in [-0.1, -0.05) is 31.2 Å². The van der Waals surface area contributed by atoms with E-state index in [1.54, 1.807) is 0 Å². The van der Waals surface area contributed by atoms with Gasteiger partial charge in [0.25, 0.3) is 0 Å². The third-order valence-corrected chi connectivity index (χ3v) is 5.44. The van der Waals surface area contributed by atoms with Crippen LogP contribution >= 0.6 is 0 Å². The van der Waals surface area contributed by atoms with Gasteiger partial charge in [0.1, 0.15) is 0 Å². The Hall–Kier alpha value is -1.36. The molecule has 5 heteroatoms. The third kappa shape index (κ3) is 4.34. The summed E-state index contributed by atoms with van der Waals surface area (Å²) in [6, 6.07) is 8.06. The van der Waals surface area contributed by atoms with E-state index in [2.05, 4.69) is 24.4 Å². The fourth-order valence-corrected chi connectivity index (χ4v) is 4.08. The Balaban J connectivity index is 1.77. The molecule has 110 valence electrons. The van der Waals surface area contributed by atoms with Gasteiger partial charge >= 0.3 is 0 Å². The molecule has 1 amide bonds. The van der Waals surface area contributed by atoms with Crippen molar-refractivity contribution < 1.29 is 13.2 Å². The molecule has 0 saturated carbocycles. The van der Waals surface area contributed by atoms with Gasteiger partial charge in [-0.2, -0.15) is 0 Å². The van der Waals surface area contributed by atoms with Crippen LogP contribution < -0.4 is 5.32 Å². The lowest BCUT2D eigenvalue weighted by Crippen LogP contribution is -2.35. The minimum Gasteiger partial charge on any atom is -0.352 e. The maximum absolute atomic E-state index is 11.8. The van der Waals surface area contributed by atoms with Crippen molar-refractivity contribution in [1.29, 1.82) is 0 Å². The fraction of sp³-hybridized carbons (Fsp3) is 0.533. The number of benzene rings is 1. The summed E-state index contributed by atoms with van der Waals surface area (Å²) in [5.74, 6) is 0.215. The highest BCUT2D eigenvalue weighted by Gasteiger charge is 2.28. The van der Waals surface area contributed by atoms with Gasteiger partial charge < -0.3 is 5.32 Å². The molecule has 4 nitrogen and oxygen atoms in total. The van der Waals surface area contributed by atoms with Crippen LogP contribution in [0.5, 0.6) is 0 Å². The monoisotopic (exact) mass is 295 g/mol. The average molecular weight is 295 g/mol. The SMILES string of the molecule is CCc1ccc(CCC(=O)NC2CCS(=O)(=O)C2)cc1. The van der Waals surface area contributed by atoms with E-state index in [-0.39, 0.29) is 23.5 Å². The van der Waals surface area contributed by atoms with Crippen LogP contribution in [-0.4, -0.2) is 31.9 Å². The number of hydrogen-bond donors (Lipinski definition) is 1. The summed E-state index contributed by atoms with van der Waals surface area (Å²) in [6.07, 6.45) is 2.65. The molecule has 0 aliphatic carbocycles. The largest absolute Gasteiger partial charge is 0.352 e. The van der Waals surface area contributed by atoms with E-state index in [4.69, 9.17) is 0 Å². The number of nitrogens with one attached hydrogen (secondary N) is 1. The van der Waals surface area contributed by atoms with E-state index in [0.29, 0.717) is 19.3 Å². The minimum absolute atomic E-state index is 0.0633. The molecule has 20 heavy (non-hydrogen) atoms. The zero-order chi connectivity index (χ0) is 14.6. The molecule has 1 unspecified atom stereocenters. The highest BCUT2D eigenvalue weighted by molar-refractivity contribution is 7.91. The van der Waals surface area contributed by atoms with Gasteiger partial charge in [-0.25, -0.2) is 8.42 Å². The predicted molar refractivity (Wildman–Crippen MR) is 79.3 cm³/mol. The summed E-state index contributed by atoms with van der Waals surface area (Å²) in [4.78, 5) is 11.8. The normalized spacial score (nSPS) is 20.8. The van der Waals surface area contributed by atoms with Crippen molar-refractivity contribution in [3.63, 3.8) is 0 Å². The lowest BCUT2D eigenvalue weighted by Gasteiger charge is -2.10. The molecule has 0 spiro atoms. The molecule has 0 aromatic heterocycles. The van der Waals surface area contributed by atoms with Gasteiger partial charge in [0.05, 0.1) is 11.5 Å². The standard InChI is InChI=1S/C15H21NO3S/c1-2-12-3-5-13(6-4-12)7-8-15(17)16-14-9-10-20(18,19)11-14/h3-6,14H,2,7-11H2,1H3,(H,16,17). The summed E-state index contributed by atoms with van der Waals surface area (Å²) in [5, 5.41) is 2.81. The Morgan fingerprint density at radius 1 is 1.25 bits per heavy atom. The number of rotatable bonds is 5. The third-order valence-electron chi connectivity index (χ3n) is 3.67. The van der Waals surface area contributed by atoms with Crippen LogP contribution in [0.1, 0.15) is 30.9 Å². The first kappa shape index (κ1) is 15.0. The van der Waals surface area contributed by atoms with Crippen molar-refractivity contribution in [3.05, 3.63) is 35.4 Å². The van der Waals surface area contributed by atoms with E-state index in [0.717, 1.165) is 12.0 Å². The number of hydrogen-bond acceptors (Lipinski definition) is 3. The van der Waals surface area contributed by atoms with Crippen molar-refractivity contribution in [2.24, 2.45) is 0 Å². The lowest BCUT2D eigenvalue weighted by atomic mass is 10.1. The molecule has 1 N–H and O–H groups in total. The lowest BCUT2D eigenvalue weighted by molar-refractivity contribution is -0.121. The first-order valence-corrected chi connectivity index (χ1v) is 8.88. The Morgan fingerprint density at radius 3 is 2.45 bits per heavy atom. The van der Waals surface area contributed by atoms with E-state index in [9.17, 15) is 13.2 Å². The maximum atomic E-state index is 11.8. The smallest absolute Gasteiger partial charge is 0.220 e. The predicted octanol–water partition coefficient (Wildman–Crippen LogP) is 1.48. The molecule has 1 aliphatic heterocycles. The highest BCUT2D eigenvalue weighted by Crippen LogP contribution is 2.12. The zero-order valence-corrected chi connectivity index (χ0v) is 12.6. The second kappa shape index (κ2) is 6.39. The Morgan fingerprint density at radius 2 is 1.90 bits per heavy atom. The summed E-state index contributed by atoms with van der Waals surface area (Å²) >= 11 is 0. The molecular weight excluding hydrogens is 274 g/mol. The van der Waals surface area contributed by atoms with E-state index < -0.39 is 9.84 Å². The van der Waals surface area contributed by atoms with Gasteiger partial charge in [0, 0.05) is 12.5 Å². The van der Waals surface area contributed by atoms with Crippen LogP contribution in [0, 0.1) is 0 Å². The summed E-state index contributed by atoms with van der Waals surface area (Å²) in [6.45, 7) is 2.11. The molecule has 1 atom stereocenters. The quantitative estimate of drug-likeness (QED) is 0.895. The molecular formula is C15H21NO3S. The van der Waals surface area contributed by atoms with E-state index in [1.165, 1.54) is 5.56 Å². The summed E-state index contributed by atoms with van der Waals surface area (Å²) in [7, 11) is -2.93. The van der Waals surface area contributed by atoms with Crippen molar-refractivity contribution in [2.75, 3.05) is 11.5 Å². The first-order chi connectivity index (χ1) is 9.48. The second-order valence-electron chi connectivity index (χ2n) is 5.34. The minimum atomic E-state index is -2.93. The van der Waals surface area contributed by atoms with Crippen molar-refractivity contribution in [2.45, 2.75) is 38.6 Å². The van der Waals surface area contributed by atoms with Crippen molar-refractivity contribution >= 4 is 15.7 Å². The number of aryl methyl sites for hydroxylation is 2. The molecule has 0 bridgehead atoms. The number of carbonyl (C=O) groups is 1. The fourth-order valence-electron chi connectivity index (χ4n) is 2.41. The molecule has 1 fully saturated rings. The number of amides is 1. The number of sulfone groups is 1. The first-order valence-electron chi connectivity index (χ1n) is 7.06. The zero-order valence-electron chi connectivity index (χ0n) is 11.8. The van der Waals surface area contributed by atoms with Crippen LogP contribution in [0.2, 0.25) is 0 Å². The topological polar surface area (TPSA) is 63.2 Å². The molecule has 1 aromatic carbocycles. The highest BCUT2D eigenvalue weighted by atomic mass is 32.2. The van der Waals surface area contributed by atoms with Gasteiger partial charge in [-0.3, -0.25) is 4.79 Å². The van der Waals surface area contributed by atoms with Gasteiger partial charge in [-0.05, 0) is 30.4 Å². The average Bonchev–Trinajstić information content (AvgIpc) is 2.76. The van der Waals surface area contributed by atoms with Crippen LogP contribution in [0.3, 0.4) is 0 Å². The van der Waals surface area contributed by atoms with Crippen LogP contribution in [0.25, 0.3) is 0 Å². The maximum Gasteiger partial charge on any atom is 0.220 e. The molecule has 1 saturated heterocycles. The van der Waals surface area contributed by atoms with Gasteiger partial charge in [-0.15, -0.1) is 0 Å². The van der Waals surface area contributed by atoms with Crippen molar-refractivity contribution in [3.8, 4) is 0 Å². The molecule has 1 aliphatic rings. The van der Waals surface area contributed by atoms with E-state index in [1.807, 2.05) is 12.1 Å². The van der Waals surface area contributed by atoms with Gasteiger partial charge in [0.2, 0.25) is 5.91 Å². The van der Waals surface area contributed by atoms with Crippen LogP contribution in [0.15, 0.2) is 24.3 Å². The Kier molecular flexibility index (Phi) is 4.81. The van der Waals surface area contributed by atoms with Crippen molar-refractivity contribution in [1.82, 2.24) is 5.32 Å². The van der Waals surface area contributed by atoms with Crippen LogP contribution in [-0.2, 0) is 27.5 Å². The summed E-state index contributed by atoms with van der Waals surface area (Å²) < 4.78 is 22.6. The second-order valence-corrected chi connectivity index (χ2v) is 7.57. The molecule has 0 radical (unpaired) electrons. The van der Waals surface area contributed by atoms with Gasteiger partial charge in [0.15, 0.2) is 9.84 Å². The van der Waals surface area contributed by atoms with E-state index >= 15 is 0 Å². The molecule has 2 rings (SSSR count). The Bertz CT molecular complexity index is 563. The molecule has 1 aromatic rings. The number of carbonyl (C=O) groups excluding carboxylic acids is 1.